The molecule has 0 radical (unpaired) electrons. The van der Waals surface area contributed by atoms with Crippen LogP contribution in [0.25, 0.3) is 0 Å². The molecular formula is C13H22N4O2. The minimum atomic E-state index is 0.259. The predicted octanol–water partition coefficient (Wildman–Crippen LogP) is 0.608. The van der Waals surface area contributed by atoms with Crippen LogP contribution in [-0.2, 0) is 4.74 Å². The van der Waals surface area contributed by atoms with E-state index in [1.807, 2.05) is 27.0 Å². The number of hydrogen-bond acceptors (Lipinski definition) is 6. The van der Waals surface area contributed by atoms with Crippen LogP contribution in [-0.4, -0.2) is 56.0 Å². The second kappa shape index (κ2) is 6.68. The Morgan fingerprint density at radius 2 is 2.37 bits per heavy atom. The molecule has 1 aliphatic rings. The highest BCUT2D eigenvalue weighted by molar-refractivity contribution is 5.36. The van der Waals surface area contributed by atoms with Crippen molar-refractivity contribution in [1.82, 2.24) is 15.3 Å². The molecule has 1 atom stereocenters. The minimum Gasteiger partial charge on any atom is -0.478 e. The highest BCUT2D eigenvalue weighted by atomic mass is 16.5. The van der Waals surface area contributed by atoms with Crippen LogP contribution in [0.15, 0.2) is 6.07 Å². The average molecular weight is 266 g/mol. The number of anilines is 1. The molecule has 6 heteroatoms. The van der Waals surface area contributed by atoms with E-state index >= 15 is 0 Å². The Labute approximate surface area is 114 Å². The molecule has 0 aliphatic carbocycles. The average Bonchev–Trinajstić information content (AvgIpc) is 2.39. The van der Waals surface area contributed by atoms with Gasteiger partial charge in [-0.2, -0.15) is 4.98 Å². The maximum absolute atomic E-state index is 5.53. The van der Waals surface area contributed by atoms with Crippen LogP contribution in [0.5, 0.6) is 5.88 Å². The van der Waals surface area contributed by atoms with E-state index in [0.29, 0.717) is 25.7 Å². The van der Waals surface area contributed by atoms with E-state index in [9.17, 15) is 0 Å². The Bertz CT molecular complexity index is 412. The third-order valence-electron chi connectivity index (χ3n) is 3.04. The normalized spacial score (nSPS) is 19.5. The van der Waals surface area contributed by atoms with Crippen LogP contribution in [0.3, 0.4) is 0 Å². The van der Waals surface area contributed by atoms with E-state index in [1.165, 1.54) is 0 Å². The first-order valence-corrected chi connectivity index (χ1v) is 6.72. The third kappa shape index (κ3) is 3.54. The summed E-state index contributed by atoms with van der Waals surface area (Å²) in [7, 11) is 1.94. The summed E-state index contributed by atoms with van der Waals surface area (Å²) in [5.41, 5.74) is 0.920. The van der Waals surface area contributed by atoms with Crippen molar-refractivity contribution in [3.05, 3.63) is 11.8 Å². The molecule has 1 fully saturated rings. The second-order valence-corrected chi connectivity index (χ2v) is 4.56. The summed E-state index contributed by atoms with van der Waals surface area (Å²) < 4.78 is 11.0. The number of nitrogens with zero attached hydrogens (tertiary/aromatic N) is 3. The van der Waals surface area contributed by atoms with Gasteiger partial charge in [0.1, 0.15) is 0 Å². The first-order valence-electron chi connectivity index (χ1n) is 6.72. The Morgan fingerprint density at radius 1 is 1.53 bits per heavy atom. The van der Waals surface area contributed by atoms with E-state index in [2.05, 4.69) is 20.2 Å². The molecule has 19 heavy (non-hydrogen) atoms. The van der Waals surface area contributed by atoms with Crippen molar-refractivity contribution >= 4 is 5.95 Å². The lowest BCUT2D eigenvalue weighted by molar-refractivity contribution is 0.0933. The van der Waals surface area contributed by atoms with Crippen LogP contribution in [0, 0.1) is 6.92 Å². The molecule has 1 aromatic rings. The maximum atomic E-state index is 5.53. The summed E-state index contributed by atoms with van der Waals surface area (Å²) in [5.74, 6) is 1.37. The van der Waals surface area contributed by atoms with Gasteiger partial charge in [0.05, 0.1) is 25.9 Å². The molecule has 0 saturated carbocycles. The number of rotatable bonds is 5. The lowest BCUT2D eigenvalue weighted by Gasteiger charge is -2.35. The van der Waals surface area contributed by atoms with Gasteiger partial charge >= 0.3 is 0 Å². The van der Waals surface area contributed by atoms with Gasteiger partial charge in [0.15, 0.2) is 0 Å². The molecule has 6 nitrogen and oxygen atoms in total. The summed E-state index contributed by atoms with van der Waals surface area (Å²) in [5, 5.41) is 3.18. The Balaban J connectivity index is 2.22. The number of likely N-dealkylation sites (N-methyl/N-ethyl adjacent to an activating group) is 1. The van der Waals surface area contributed by atoms with Crippen LogP contribution < -0.4 is 15.0 Å². The van der Waals surface area contributed by atoms with Gasteiger partial charge in [-0.25, -0.2) is 4.98 Å². The number of aromatic nitrogens is 2. The molecule has 1 unspecified atom stereocenters. The second-order valence-electron chi connectivity index (χ2n) is 4.56. The summed E-state index contributed by atoms with van der Waals surface area (Å²) in [4.78, 5) is 11.2. The van der Waals surface area contributed by atoms with Crippen molar-refractivity contribution in [2.24, 2.45) is 0 Å². The molecule has 1 aliphatic heterocycles. The third-order valence-corrected chi connectivity index (χ3v) is 3.04. The van der Waals surface area contributed by atoms with E-state index < -0.39 is 0 Å². The first-order chi connectivity index (χ1) is 9.24. The zero-order valence-electron chi connectivity index (χ0n) is 11.8. The summed E-state index contributed by atoms with van der Waals surface area (Å²) >= 11 is 0. The summed E-state index contributed by atoms with van der Waals surface area (Å²) in [6.07, 6.45) is 0. The van der Waals surface area contributed by atoms with Crippen LogP contribution in [0.4, 0.5) is 5.95 Å². The van der Waals surface area contributed by atoms with E-state index in [0.717, 1.165) is 24.7 Å². The van der Waals surface area contributed by atoms with Crippen LogP contribution in [0.2, 0.25) is 0 Å². The number of ether oxygens (including phenoxy) is 2. The molecule has 1 aromatic heterocycles. The fourth-order valence-corrected chi connectivity index (χ4v) is 2.20. The first kappa shape index (κ1) is 14.0. The minimum absolute atomic E-state index is 0.259. The van der Waals surface area contributed by atoms with Crippen LogP contribution in [0.1, 0.15) is 12.6 Å². The van der Waals surface area contributed by atoms with Crippen molar-refractivity contribution in [3.8, 4) is 5.88 Å². The zero-order chi connectivity index (χ0) is 13.7. The number of nitrogens with one attached hydrogen (secondary N) is 1. The van der Waals surface area contributed by atoms with Gasteiger partial charge in [0, 0.05) is 24.8 Å². The van der Waals surface area contributed by atoms with Crippen molar-refractivity contribution < 1.29 is 9.47 Å². The van der Waals surface area contributed by atoms with Crippen molar-refractivity contribution in [2.75, 3.05) is 44.9 Å². The molecule has 0 amide bonds. The molecule has 0 spiro atoms. The van der Waals surface area contributed by atoms with Crippen molar-refractivity contribution in [2.45, 2.75) is 19.9 Å². The fourth-order valence-electron chi connectivity index (χ4n) is 2.20. The van der Waals surface area contributed by atoms with Gasteiger partial charge in [-0.3, -0.25) is 0 Å². The van der Waals surface area contributed by atoms with E-state index in [1.54, 1.807) is 0 Å². The fraction of sp³-hybridized carbons (Fsp3) is 0.692. The maximum Gasteiger partial charge on any atom is 0.229 e. The molecule has 2 heterocycles. The quantitative estimate of drug-likeness (QED) is 0.842. The number of aryl methyl sites for hydroxylation is 1. The molecule has 2 rings (SSSR count). The van der Waals surface area contributed by atoms with E-state index in [4.69, 9.17) is 9.47 Å². The van der Waals surface area contributed by atoms with Gasteiger partial charge in [-0.1, -0.05) is 0 Å². The predicted molar refractivity (Wildman–Crippen MR) is 73.8 cm³/mol. The topological polar surface area (TPSA) is 59.5 Å². The van der Waals surface area contributed by atoms with Gasteiger partial charge in [0.25, 0.3) is 0 Å². The molecule has 0 bridgehead atoms. The number of morpholine rings is 1. The summed E-state index contributed by atoms with van der Waals surface area (Å²) in [6, 6.07) is 2.12. The standard InChI is InChI=1S/C13H22N4O2/c1-4-19-12-7-10(2)15-13(16-12)17-5-6-18-9-11(17)8-14-3/h7,11,14H,4-6,8-9H2,1-3H3. The highest BCUT2D eigenvalue weighted by Crippen LogP contribution is 2.19. The largest absolute Gasteiger partial charge is 0.478 e. The zero-order valence-corrected chi connectivity index (χ0v) is 11.8. The molecule has 106 valence electrons. The van der Waals surface area contributed by atoms with Gasteiger partial charge in [0.2, 0.25) is 11.8 Å². The Morgan fingerprint density at radius 3 is 3.11 bits per heavy atom. The Hall–Kier alpha value is -1.40. The monoisotopic (exact) mass is 266 g/mol. The van der Waals surface area contributed by atoms with Crippen LogP contribution >= 0.6 is 0 Å². The lowest BCUT2D eigenvalue weighted by Crippen LogP contribution is -2.50. The Kier molecular flexibility index (Phi) is 4.93. The van der Waals surface area contributed by atoms with Crippen molar-refractivity contribution in [1.29, 1.82) is 0 Å². The molecule has 1 N–H and O–H groups in total. The SMILES string of the molecule is CCOc1cc(C)nc(N2CCOCC2CNC)n1. The van der Waals surface area contributed by atoms with Gasteiger partial charge in [-0.15, -0.1) is 0 Å². The van der Waals surface area contributed by atoms with Gasteiger partial charge in [-0.05, 0) is 20.9 Å². The highest BCUT2D eigenvalue weighted by Gasteiger charge is 2.25. The smallest absolute Gasteiger partial charge is 0.229 e. The number of hydrogen-bond donors (Lipinski definition) is 1. The lowest BCUT2D eigenvalue weighted by atomic mass is 10.2. The summed E-state index contributed by atoms with van der Waals surface area (Å²) in [6.45, 7) is 7.59. The molecule has 0 aromatic carbocycles. The van der Waals surface area contributed by atoms with E-state index in [-0.39, 0.29) is 6.04 Å². The molecule has 1 saturated heterocycles. The van der Waals surface area contributed by atoms with Crippen molar-refractivity contribution in [3.63, 3.8) is 0 Å². The van der Waals surface area contributed by atoms with Gasteiger partial charge < -0.3 is 19.7 Å². The molecular weight excluding hydrogens is 244 g/mol.